The summed E-state index contributed by atoms with van der Waals surface area (Å²) in [5.74, 6) is 7.65. The van der Waals surface area contributed by atoms with Gasteiger partial charge in [0.05, 0.1) is 0 Å². The summed E-state index contributed by atoms with van der Waals surface area (Å²) in [6.07, 6.45) is 8.22. The molecular formula is C6H16S4. The molecule has 0 rings (SSSR count). The van der Waals surface area contributed by atoms with Gasteiger partial charge in [0.2, 0.25) is 0 Å². The third kappa shape index (κ3) is 22.9. The molecule has 64 valence electrons. The first-order chi connectivity index (χ1) is 4.47. The second kappa shape index (κ2) is 8.24. The van der Waals surface area contributed by atoms with Crippen LogP contribution in [0.25, 0.3) is 0 Å². The van der Waals surface area contributed by atoms with Crippen LogP contribution in [0.4, 0.5) is 0 Å². The molecule has 0 aliphatic heterocycles. The van der Waals surface area contributed by atoms with Crippen LogP contribution in [0.1, 0.15) is 0 Å². The normalized spacial score (nSPS) is 10.0. The van der Waals surface area contributed by atoms with Crippen molar-refractivity contribution in [3.8, 4) is 0 Å². The SMILES string of the molecule is C=S(=C)(C)SC.CSSC. The lowest BCUT2D eigenvalue weighted by Crippen LogP contribution is -1.55. The van der Waals surface area contributed by atoms with E-state index in [1.54, 1.807) is 32.4 Å². The highest BCUT2D eigenvalue weighted by atomic mass is 33.1. The van der Waals surface area contributed by atoms with E-state index in [2.05, 4.69) is 30.5 Å². The van der Waals surface area contributed by atoms with Crippen molar-refractivity contribution in [3.05, 3.63) is 0 Å². The van der Waals surface area contributed by atoms with E-state index in [0.717, 1.165) is 0 Å². The van der Waals surface area contributed by atoms with Crippen LogP contribution < -0.4 is 0 Å². The van der Waals surface area contributed by atoms with E-state index < -0.39 is 8.24 Å². The average molecular weight is 216 g/mol. The Hall–Kier alpha value is 1.14. The van der Waals surface area contributed by atoms with Crippen molar-refractivity contribution in [1.29, 1.82) is 0 Å². The highest BCUT2D eigenvalue weighted by Gasteiger charge is 1.74. The minimum absolute atomic E-state index is 0.745. The summed E-state index contributed by atoms with van der Waals surface area (Å²) >= 11 is 0. The summed E-state index contributed by atoms with van der Waals surface area (Å²) in [7, 11) is 4.54. The quantitative estimate of drug-likeness (QED) is 0.514. The summed E-state index contributed by atoms with van der Waals surface area (Å²) in [6, 6.07) is 0. The van der Waals surface area contributed by atoms with Gasteiger partial charge in [0.15, 0.2) is 0 Å². The summed E-state index contributed by atoms with van der Waals surface area (Å²) in [6.45, 7) is 0. The Kier molecular flexibility index (Phi) is 11.3. The topological polar surface area (TPSA) is 0 Å². The number of rotatable bonds is 2. The molecule has 0 aliphatic rings. The summed E-state index contributed by atoms with van der Waals surface area (Å²) in [5, 5.41) is 0. The Labute approximate surface area is 77.2 Å². The lowest BCUT2D eigenvalue weighted by atomic mass is 11.9. The first kappa shape index (κ1) is 13.7. The van der Waals surface area contributed by atoms with Gasteiger partial charge in [-0.15, -0.1) is 10.8 Å². The third-order valence-electron chi connectivity index (χ3n) is 0.569. The molecule has 0 fully saturated rings. The second-order valence-electron chi connectivity index (χ2n) is 1.68. The average Bonchev–Trinajstić information content (AvgIpc) is 1.87. The van der Waals surface area contributed by atoms with Gasteiger partial charge in [-0.2, -0.15) is 8.24 Å². The first-order valence-corrected chi connectivity index (χ1v) is 9.63. The Bertz CT molecular complexity index is 132. The molecule has 0 amide bonds. The molecule has 0 unspecified atom stereocenters. The van der Waals surface area contributed by atoms with Gasteiger partial charge in [0.25, 0.3) is 0 Å². The minimum Gasteiger partial charge on any atom is -0.169 e. The van der Waals surface area contributed by atoms with Crippen molar-refractivity contribution in [2.24, 2.45) is 0 Å². The highest BCUT2D eigenvalue weighted by molar-refractivity contribution is 8.89. The van der Waals surface area contributed by atoms with Crippen molar-refractivity contribution in [1.82, 2.24) is 0 Å². The van der Waals surface area contributed by atoms with Crippen molar-refractivity contribution < 1.29 is 0 Å². The molecule has 0 aliphatic carbocycles. The Morgan fingerprint density at radius 3 is 1.20 bits per heavy atom. The molecule has 0 saturated carbocycles. The molecule has 0 bridgehead atoms. The molecule has 0 atom stereocenters. The molecule has 0 radical (unpaired) electrons. The third-order valence-corrected chi connectivity index (χ3v) is 5.12. The van der Waals surface area contributed by atoms with Crippen LogP contribution in [-0.4, -0.2) is 36.8 Å². The fourth-order valence-electron chi connectivity index (χ4n) is 0. The Balaban J connectivity index is 0. The summed E-state index contributed by atoms with van der Waals surface area (Å²) in [4.78, 5) is 0. The van der Waals surface area contributed by atoms with Gasteiger partial charge in [-0.25, -0.2) is 0 Å². The maximum atomic E-state index is 3.82. The van der Waals surface area contributed by atoms with Crippen molar-refractivity contribution in [3.63, 3.8) is 0 Å². The molecule has 0 spiro atoms. The number of hydrogen-bond acceptors (Lipinski definition) is 3. The van der Waals surface area contributed by atoms with Crippen LogP contribution in [0.2, 0.25) is 0 Å². The largest absolute Gasteiger partial charge is 0.169 e. The van der Waals surface area contributed by atoms with Crippen LogP contribution in [0.3, 0.4) is 0 Å². The molecular weight excluding hydrogens is 200 g/mol. The van der Waals surface area contributed by atoms with Crippen LogP contribution >= 0.6 is 40.6 Å². The smallest absolute Gasteiger partial charge is 0.00793 e. The van der Waals surface area contributed by atoms with E-state index in [1.165, 1.54) is 0 Å². The van der Waals surface area contributed by atoms with E-state index >= 15 is 0 Å². The zero-order chi connectivity index (χ0) is 8.62. The lowest BCUT2D eigenvalue weighted by Gasteiger charge is -1.96. The highest BCUT2D eigenvalue weighted by Crippen LogP contribution is 2.27. The molecule has 4 heteroatoms. The fraction of sp³-hybridized carbons (Fsp3) is 0.667. The summed E-state index contributed by atoms with van der Waals surface area (Å²) < 4.78 is 0. The molecule has 0 heterocycles. The van der Waals surface area contributed by atoms with Gasteiger partial charge < -0.3 is 0 Å². The fourth-order valence-corrected chi connectivity index (χ4v) is 0. The summed E-state index contributed by atoms with van der Waals surface area (Å²) in [5.41, 5.74) is 0. The monoisotopic (exact) mass is 216 g/mol. The zero-order valence-electron chi connectivity index (χ0n) is 7.05. The van der Waals surface area contributed by atoms with Gasteiger partial charge in [0, 0.05) is 0 Å². The van der Waals surface area contributed by atoms with Crippen molar-refractivity contribution in [2.75, 3.05) is 25.0 Å². The van der Waals surface area contributed by atoms with Crippen LogP contribution in [0.15, 0.2) is 0 Å². The van der Waals surface area contributed by atoms with Gasteiger partial charge in [-0.05, 0) is 25.0 Å². The van der Waals surface area contributed by atoms with Crippen LogP contribution in [-0.2, 0) is 0 Å². The standard InChI is InChI=1S/C4H10S2.C2H6S2/c1-5-6(2,3)4;1-3-4-2/h2-3H2,1,4H3;1-2H3. The van der Waals surface area contributed by atoms with E-state index in [0.29, 0.717) is 0 Å². The predicted molar refractivity (Wildman–Crippen MR) is 68.3 cm³/mol. The van der Waals surface area contributed by atoms with Crippen LogP contribution in [0, 0.1) is 0 Å². The molecule has 0 aromatic carbocycles. The van der Waals surface area contributed by atoms with E-state index in [1.807, 2.05) is 6.26 Å². The Morgan fingerprint density at radius 2 is 1.20 bits per heavy atom. The first-order valence-electron chi connectivity index (χ1n) is 2.54. The van der Waals surface area contributed by atoms with E-state index in [-0.39, 0.29) is 0 Å². The van der Waals surface area contributed by atoms with Crippen molar-refractivity contribution >= 4 is 52.4 Å². The van der Waals surface area contributed by atoms with E-state index in [4.69, 9.17) is 0 Å². The van der Waals surface area contributed by atoms with Crippen molar-refractivity contribution in [2.45, 2.75) is 0 Å². The second-order valence-corrected chi connectivity index (χ2v) is 10.5. The molecule has 0 aromatic heterocycles. The molecule has 0 saturated heterocycles. The lowest BCUT2D eigenvalue weighted by molar-refractivity contribution is 2.49. The minimum atomic E-state index is -0.745. The molecule has 0 N–H and O–H groups in total. The van der Waals surface area contributed by atoms with Gasteiger partial charge in [-0.3, -0.25) is 0 Å². The molecule has 0 aromatic rings. The van der Waals surface area contributed by atoms with E-state index in [9.17, 15) is 0 Å². The van der Waals surface area contributed by atoms with Gasteiger partial charge in [0.1, 0.15) is 0 Å². The molecule has 10 heavy (non-hydrogen) atoms. The maximum absolute atomic E-state index is 3.82. The molecule has 0 nitrogen and oxygen atoms in total. The Morgan fingerprint density at radius 1 is 1.00 bits per heavy atom. The van der Waals surface area contributed by atoms with Gasteiger partial charge in [-0.1, -0.05) is 33.3 Å². The number of hydrogen-bond donors (Lipinski definition) is 0. The maximum Gasteiger partial charge on any atom is -0.00793 e. The van der Waals surface area contributed by atoms with Crippen LogP contribution in [0.5, 0.6) is 0 Å². The predicted octanol–water partition coefficient (Wildman–Crippen LogP) is 3.19. The van der Waals surface area contributed by atoms with Gasteiger partial charge >= 0.3 is 0 Å². The zero-order valence-corrected chi connectivity index (χ0v) is 10.3.